The lowest BCUT2D eigenvalue weighted by molar-refractivity contribution is -0.157. The Morgan fingerprint density at radius 2 is 2.10 bits per heavy atom. The van der Waals surface area contributed by atoms with Gasteiger partial charge in [0.2, 0.25) is 11.8 Å². The summed E-state index contributed by atoms with van der Waals surface area (Å²) in [7, 11) is 0. The van der Waals surface area contributed by atoms with Gasteiger partial charge >= 0.3 is 12.1 Å². The van der Waals surface area contributed by atoms with Gasteiger partial charge in [-0.1, -0.05) is 0 Å². The molecule has 1 atom stereocenters. The molecule has 1 aliphatic carbocycles. The largest absolute Gasteiger partial charge is 0.470 e. The van der Waals surface area contributed by atoms with Gasteiger partial charge in [-0.2, -0.15) is 13.2 Å². The van der Waals surface area contributed by atoms with E-state index in [1.165, 1.54) is 0 Å². The SMILES string of the molecule is O=C(NC1CC1)C1CCN(Cc2nnc(C(F)(F)F)o2)C1. The molecule has 0 radical (unpaired) electrons. The summed E-state index contributed by atoms with van der Waals surface area (Å²) in [5.41, 5.74) is 0. The van der Waals surface area contributed by atoms with Crippen LogP contribution in [-0.4, -0.2) is 40.1 Å². The first kappa shape index (κ1) is 14.3. The Bertz CT molecular complexity index is 527. The third-order valence-corrected chi connectivity index (χ3v) is 3.64. The van der Waals surface area contributed by atoms with Crippen LogP contribution in [0.3, 0.4) is 0 Å². The van der Waals surface area contributed by atoms with Crippen LogP contribution in [0.1, 0.15) is 31.0 Å². The van der Waals surface area contributed by atoms with E-state index in [1.54, 1.807) is 0 Å². The van der Waals surface area contributed by atoms with Crippen LogP contribution in [0.2, 0.25) is 0 Å². The Hall–Kier alpha value is -1.64. The summed E-state index contributed by atoms with van der Waals surface area (Å²) in [5, 5.41) is 9.32. The summed E-state index contributed by atoms with van der Waals surface area (Å²) in [5.74, 6) is -1.50. The maximum Gasteiger partial charge on any atom is 0.470 e. The van der Waals surface area contributed by atoms with Crippen molar-refractivity contribution in [2.75, 3.05) is 13.1 Å². The molecule has 2 heterocycles. The molecule has 1 saturated carbocycles. The Morgan fingerprint density at radius 1 is 1.33 bits per heavy atom. The molecular formula is C12H15F3N4O2. The number of alkyl halides is 3. The minimum atomic E-state index is -4.62. The highest BCUT2D eigenvalue weighted by atomic mass is 19.4. The topological polar surface area (TPSA) is 71.3 Å². The number of amides is 1. The van der Waals surface area contributed by atoms with E-state index >= 15 is 0 Å². The Morgan fingerprint density at radius 3 is 2.71 bits per heavy atom. The van der Waals surface area contributed by atoms with E-state index in [-0.39, 0.29) is 24.3 Å². The van der Waals surface area contributed by atoms with Crippen LogP contribution in [0.4, 0.5) is 13.2 Å². The fourth-order valence-electron chi connectivity index (χ4n) is 2.36. The summed E-state index contributed by atoms with van der Waals surface area (Å²) < 4.78 is 41.6. The minimum Gasteiger partial charge on any atom is -0.416 e. The molecule has 0 bridgehead atoms. The summed E-state index contributed by atoms with van der Waals surface area (Å²) in [4.78, 5) is 13.7. The van der Waals surface area contributed by atoms with E-state index in [1.807, 2.05) is 4.90 Å². The summed E-state index contributed by atoms with van der Waals surface area (Å²) >= 11 is 0. The van der Waals surface area contributed by atoms with Crippen LogP contribution in [0.5, 0.6) is 0 Å². The molecule has 1 aromatic rings. The summed E-state index contributed by atoms with van der Waals surface area (Å²) in [6.45, 7) is 1.27. The molecular weight excluding hydrogens is 289 g/mol. The van der Waals surface area contributed by atoms with Gasteiger partial charge in [0.1, 0.15) is 0 Å². The first-order valence-electron chi connectivity index (χ1n) is 6.84. The van der Waals surface area contributed by atoms with Crippen molar-refractivity contribution < 1.29 is 22.4 Å². The molecule has 1 aromatic heterocycles. The number of hydrogen-bond donors (Lipinski definition) is 1. The average Bonchev–Trinajstić information content (AvgIpc) is 2.92. The summed E-state index contributed by atoms with van der Waals surface area (Å²) in [6.07, 6.45) is -1.86. The lowest BCUT2D eigenvalue weighted by atomic mass is 10.1. The quantitative estimate of drug-likeness (QED) is 0.904. The molecule has 1 amide bonds. The smallest absolute Gasteiger partial charge is 0.416 e. The number of nitrogens with one attached hydrogen (secondary N) is 1. The first-order valence-corrected chi connectivity index (χ1v) is 6.84. The molecule has 1 saturated heterocycles. The Kier molecular flexibility index (Phi) is 3.60. The van der Waals surface area contributed by atoms with Crippen LogP contribution in [0.25, 0.3) is 0 Å². The number of nitrogens with zero attached hydrogens (tertiary/aromatic N) is 3. The monoisotopic (exact) mass is 304 g/mol. The standard InChI is InChI=1S/C12H15F3N4O2/c13-12(14,15)11-18-17-9(21-11)6-19-4-3-7(5-19)10(20)16-8-1-2-8/h7-8H,1-6H2,(H,16,20). The van der Waals surface area contributed by atoms with Crippen molar-refractivity contribution in [2.45, 2.75) is 38.0 Å². The van der Waals surface area contributed by atoms with Gasteiger partial charge in [-0.25, -0.2) is 0 Å². The van der Waals surface area contributed by atoms with Crippen molar-refractivity contribution in [1.82, 2.24) is 20.4 Å². The van der Waals surface area contributed by atoms with Crippen LogP contribution in [0.15, 0.2) is 4.42 Å². The second-order valence-electron chi connectivity index (χ2n) is 5.50. The van der Waals surface area contributed by atoms with Gasteiger partial charge in [-0.3, -0.25) is 9.69 Å². The maximum absolute atomic E-state index is 12.3. The number of aromatic nitrogens is 2. The highest BCUT2D eigenvalue weighted by Gasteiger charge is 2.38. The van der Waals surface area contributed by atoms with Gasteiger partial charge in [-0.15, -0.1) is 10.2 Å². The van der Waals surface area contributed by atoms with Crippen molar-refractivity contribution in [3.8, 4) is 0 Å². The maximum atomic E-state index is 12.3. The van der Waals surface area contributed by atoms with Crippen molar-refractivity contribution >= 4 is 5.91 Å². The predicted molar refractivity (Wildman–Crippen MR) is 63.8 cm³/mol. The average molecular weight is 304 g/mol. The van der Waals surface area contributed by atoms with Gasteiger partial charge < -0.3 is 9.73 Å². The van der Waals surface area contributed by atoms with E-state index < -0.39 is 12.1 Å². The zero-order valence-electron chi connectivity index (χ0n) is 11.2. The van der Waals surface area contributed by atoms with Crippen molar-refractivity contribution in [3.05, 3.63) is 11.8 Å². The molecule has 2 aliphatic rings. The summed E-state index contributed by atoms with van der Waals surface area (Å²) in [6, 6.07) is 0.317. The van der Waals surface area contributed by atoms with Gasteiger partial charge in [0.05, 0.1) is 12.5 Å². The molecule has 0 spiro atoms. The van der Waals surface area contributed by atoms with Crippen LogP contribution >= 0.6 is 0 Å². The number of carbonyl (C=O) groups excluding carboxylic acids is 1. The second-order valence-corrected chi connectivity index (χ2v) is 5.50. The predicted octanol–water partition coefficient (Wildman–Crippen LogP) is 1.19. The van der Waals surface area contributed by atoms with E-state index in [4.69, 9.17) is 0 Å². The molecule has 1 unspecified atom stereocenters. The van der Waals surface area contributed by atoms with Crippen molar-refractivity contribution in [2.24, 2.45) is 5.92 Å². The first-order chi connectivity index (χ1) is 9.91. The lowest BCUT2D eigenvalue weighted by Crippen LogP contribution is -2.34. The zero-order valence-corrected chi connectivity index (χ0v) is 11.2. The van der Waals surface area contributed by atoms with Crippen LogP contribution in [-0.2, 0) is 17.5 Å². The fourth-order valence-corrected chi connectivity index (χ4v) is 2.36. The van der Waals surface area contributed by atoms with E-state index in [0.29, 0.717) is 25.6 Å². The second kappa shape index (κ2) is 5.28. The molecule has 1 aliphatic heterocycles. The van der Waals surface area contributed by atoms with E-state index in [0.717, 1.165) is 12.8 Å². The Balaban J connectivity index is 1.52. The number of carbonyl (C=O) groups is 1. The highest BCUT2D eigenvalue weighted by Crippen LogP contribution is 2.28. The molecule has 0 aromatic carbocycles. The highest BCUT2D eigenvalue weighted by molar-refractivity contribution is 5.79. The third kappa shape index (κ3) is 3.52. The van der Waals surface area contributed by atoms with E-state index in [9.17, 15) is 18.0 Å². The van der Waals surface area contributed by atoms with E-state index in [2.05, 4.69) is 19.9 Å². The van der Waals surface area contributed by atoms with Gasteiger partial charge in [0, 0.05) is 12.6 Å². The van der Waals surface area contributed by atoms with Crippen molar-refractivity contribution in [1.29, 1.82) is 0 Å². The molecule has 6 nitrogen and oxygen atoms in total. The molecule has 21 heavy (non-hydrogen) atoms. The minimum absolute atomic E-state index is 0.0292. The number of hydrogen-bond acceptors (Lipinski definition) is 5. The Labute approximate surface area is 118 Å². The molecule has 3 rings (SSSR count). The number of likely N-dealkylation sites (tertiary alicyclic amines) is 1. The van der Waals surface area contributed by atoms with Crippen LogP contribution < -0.4 is 5.32 Å². The van der Waals surface area contributed by atoms with Gasteiger partial charge in [-0.05, 0) is 25.8 Å². The molecule has 116 valence electrons. The number of halogens is 3. The van der Waals surface area contributed by atoms with Gasteiger partial charge in [0.15, 0.2) is 0 Å². The van der Waals surface area contributed by atoms with Crippen molar-refractivity contribution in [3.63, 3.8) is 0 Å². The number of rotatable bonds is 4. The molecule has 2 fully saturated rings. The fraction of sp³-hybridized carbons (Fsp3) is 0.750. The molecule has 9 heteroatoms. The van der Waals surface area contributed by atoms with Crippen LogP contribution in [0, 0.1) is 5.92 Å². The zero-order chi connectivity index (χ0) is 15.0. The van der Waals surface area contributed by atoms with Gasteiger partial charge in [0.25, 0.3) is 0 Å². The lowest BCUT2D eigenvalue weighted by Gasteiger charge is -2.13. The normalized spacial score (nSPS) is 23.5. The third-order valence-electron chi connectivity index (χ3n) is 3.64. The molecule has 1 N–H and O–H groups in total.